The van der Waals surface area contributed by atoms with Gasteiger partial charge in [0.15, 0.2) is 0 Å². The second kappa shape index (κ2) is 11.4. The Morgan fingerprint density at radius 1 is 0.500 bits per heavy atom. The van der Waals surface area contributed by atoms with Gasteiger partial charge in [0.25, 0.3) is 0 Å². The van der Waals surface area contributed by atoms with Crippen LogP contribution in [0.5, 0.6) is 0 Å². The highest BCUT2D eigenvalue weighted by molar-refractivity contribution is 6.07. The third kappa shape index (κ3) is 4.54. The van der Waals surface area contributed by atoms with E-state index < -0.39 is 0 Å². The summed E-state index contributed by atoms with van der Waals surface area (Å²) in [7, 11) is 0. The van der Waals surface area contributed by atoms with Crippen molar-refractivity contribution in [3.05, 3.63) is 164 Å². The summed E-state index contributed by atoms with van der Waals surface area (Å²) < 4.78 is 4.63. The Kier molecular flexibility index (Phi) is 6.45. The van der Waals surface area contributed by atoms with Crippen molar-refractivity contribution in [3.8, 4) is 45.1 Å². The molecule has 1 aliphatic heterocycles. The van der Waals surface area contributed by atoms with Crippen molar-refractivity contribution < 1.29 is 0 Å². The van der Waals surface area contributed by atoms with Crippen LogP contribution >= 0.6 is 0 Å². The lowest BCUT2D eigenvalue weighted by Crippen LogP contribution is -2.05. The zero-order chi connectivity index (χ0) is 33.0. The van der Waals surface area contributed by atoms with Crippen LogP contribution in [0.25, 0.3) is 84.1 Å². The van der Waals surface area contributed by atoms with Crippen molar-refractivity contribution in [3.63, 3.8) is 0 Å². The summed E-state index contributed by atoms with van der Waals surface area (Å²) >= 11 is 0. The largest absolute Gasteiger partial charge is 0.379 e. The summed E-state index contributed by atoms with van der Waals surface area (Å²) in [4.78, 5) is 14.6. The summed E-state index contributed by atoms with van der Waals surface area (Å²) in [6, 6.07) is 48.9. The molecule has 0 saturated carbocycles. The van der Waals surface area contributed by atoms with Crippen molar-refractivity contribution in [2.24, 2.45) is 0 Å². The molecule has 0 radical (unpaired) electrons. The number of aromatic nitrogens is 5. The topological polar surface area (TPSA) is 60.6 Å². The molecule has 4 aromatic carbocycles. The first-order valence-electron chi connectivity index (χ1n) is 16.8. The van der Waals surface area contributed by atoms with E-state index in [1.807, 2.05) is 36.7 Å². The van der Waals surface area contributed by atoms with Crippen LogP contribution < -0.4 is 5.32 Å². The minimum absolute atomic E-state index is 0.829. The molecule has 0 fully saturated rings. The normalized spacial score (nSPS) is 12.4. The zero-order valence-corrected chi connectivity index (χ0v) is 27.0. The van der Waals surface area contributed by atoms with E-state index in [9.17, 15) is 0 Å². The van der Waals surface area contributed by atoms with Crippen LogP contribution in [0, 0.1) is 0 Å². The summed E-state index contributed by atoms with van der Waals surface area (Å²) in [6.45, 7) is 0.833. The van der Waals surface area contributed by atoms with Gasteiger partial charge in [0.2, 0.25) is 0 Å². The maximum Gasteiger partial charge on any atom is 0.0963 e. The first kappa shape index (κ1) is 28.2. The minimum atomic E-state index is 0.829. The van der Waals surface area contributed by atoms with Crippen LogP contribution in [0.2, 0.25) is 0 Å². The molecule has 6 nitrogen and oxygen atoms in total. The van der Waals surface area contributed by atoms with Crippen molar-refractivity contribution >= 4 is 44.6 Å². The van der Waals surface area contributed by atoms with E-state index >= 15 is 0 Å². The average Bonchev–Trinajstić information content (AvgIpc) is 3.71. The highest BCUT2D eigenvalue weighted by Crippen LogP contribution is 2.38. The molecule has 0 atom stereocenters. The molecule has 0 saturated heterocycles. The number of hydrogen-bond acceptors (Lipinski definition) is 4. The van der Waals surface area contributed by atoms with Gasteiger partial charge in [-0.1, -0.05) is 72.8 Å². The van der Waals surface area contributed by atoms with E-state index in [4.69, 9.17) is 9.97 Å². The van der Waals surface area contributed by atoms with Gasteiger partial charge < -0.3 is 14.5 Å². The maximum atomic E-state index is 5.16. The van der Waals surface area contributed by atoms with Gasteiger partial charge >= 0.3 is 0 Å². The van der Waals surface area contributed by atoms with Gasteiger partial charge in [-0.15, -0.1) is 0 Å². The number of nitrogens with zero attached hydrogens (tertiary/aromatic N) is 5. The van der Waals surface area contributed by atoms with Gasteiger partial charge in [-0.05, 0) is 90.0 Å². The van der Waals surface area contributed by atoms with E-state index in [2.05, 4.69) is 147 Å². The van der Waals surface area contributed by atoms with Crippen LogP contribution in [-0.4, -0.2) is 30.6 Å². The maximum absolute atomic E-state index is 5.16. The summed E-state index contributed by atoms with van der Waals surface area (Å²) in [5, 5.41) is 5.95. The standard InChI is InChI=1S/C44H30N6/c1-3-15-39-34(12-1)43-41(17-8-24-46-43)49(39)32-21-19-29(20-22-32)37-27-31(28-38(48-37)36-14-5-6-23-45-36)30-10-7-11-33(26-30)50-40-16-4-2-13-35(40)44-42(50)18-9-25-47-44/h1-23,25-28,46H,24H2. The van der Waals surface area contributed by atoms with E-state index in [1.165, 1.54) is 22.3 Å². The van der Waals surface area contributed by atoms with Crippen molar-refractivity contribution in [2.75, 3.05) is 11.9 Å². The number of benzene rings is 4. The highest BCUT2D eigenvalue weighted by Gasteiger charge is 2.19. The lowest BCUT2D eigenvalue weighted by molar-refractivity contribution is 1.10. The van der Waals surface area contributed by atoms with Gasteiger partial charge in [-0.2, -0.15) is 0 Å². The monoisotopic (exact) mass is 642 g/mol. The Morgan fingerprint density at radius 3 is 2.12 bits per heavy atom. The summed E-state index contributed by atoms with van der Waals surface area (Å²) in [5.74, 6) is 0. The van der Waals surface area contributed by atoms with E-state index in [-0.39, 0.29) is 0 Å². The molecule has 10 rings (SSSR count). The second-order valence-corrected chi connectivity index (χ2v) is 12.6. The number of fused-ring (bicyclic) bond motifs is 6. The lowest BCUT2D eigenvalue weighted by Gasteiger charge is -2.14. The van der Waals surface area contributed by atoms with Crippen LogP contribution in [0.15, 0.2) is 158 Å². The van der Waals surface area contributed by atoms with Gasteiger partial charge in [0.1, 0.15) is 0 Å². The molecule has 1 N–H and O–H groups in total. The molecule has 1 aliphatic rings. The highest BCUT2D eigenvalue weighted by atomic mass is 15.0. The van der Waals surface area contributed by atoms with Gasteiger partial charge in [-0.25, -0.2) is 4.98 Å². The Bertz CT molecular complexity index is 2700. The molecule has 50 heavy (non-hydrogen) atoms. The molecular weight excluding hydrogens is 613 g/mol. The number of hydrogen-bond donors (Lipinski definition) is 1. The number of rotatable bonds is 5. The van der Waals surface area contributed by atoms with Crippen molar-refractivity contribution in [1.82, 2.24) is 24.1 Å². The van der Waals surface area contributed by atoms with Gasteiger partial charge in [0, 0.05) is 46.6 Å². The molecule has 0 amide bonds. The molecule has 0 spiro atoms. The average molecular weight is 643 g/mol. The smallest absolute Gasteiger partial charge is 0.0963 e. The molecule has 9 aromatic rings. The summed E-state index contributed by atoms with van der Waals surface area (Å²) in [5.41, 5.74) is 14.7. The van der Waals surface area contributed by atoms with Crippen LogP contribution in [0.4, 0.5) is 5.69 Å². The van der Waals surface area contributed by atoms with Gasteiger partial charge in [0.05, 0.1) is 50.5 Å². The number of pyridine rings is 3. The molecule has 6 heterocycles. The molecule has 6 heteroatoms. The zero-order valence-electron chi connectivity index (χ0n) is 27.0. The van der Waals surface area contributed by atoms with Crippen molar-refractivity contribution in [1.29, 1.82) is 0 Å². The molecule has 0 aliphatic carbocycles. The van der Waals surface area contributed by atoms with E-state index in [0.29, 0.717) is 0 Å². The number of nitrogens with one attached hydrogen (secondary N) is 1. The molecule has 0 unspecified atom stereocenters. The predicted molar refractivity (Wildman–Crippen MR) is 205 cm³/mol. The van der Waals surface area contributed by atoms with Crippen LogP contribution in [-0.2, 0) is 0 Å². The number of para-hydroxylation sites is 2. The lowest BCUT2D eigenvalue weighted by atomic mass is 10.0. The molecule has 5 aromatic heterocycles. The van der Waals surface area contributed by atoms with E-state index in [1.54, 1.807) is 0 Å². The fourth-order valence-corrected chi connectivity index (χ4v) is 7.37. The Labute approximate surface area is 288 Å². The SMILES string of the molecule is C1=Cc2c(c3ccccc3n2-c2ccc(-c3cc(-c4cccc(-n5c6ccccc6c6ncccc65)c4)cc(-c4ccccn4)n3)cc2)NC1. The number of anilines is 1. The first-order valence-corrected chi connectivity index (χ1v) is 16.8. The van der Waals surface area contributed by atoms with Crippen LogP contribution in [0.3, 0.4) is 0 Å². The third-order valence-electron chi connectivity index (χ3n) is 9.62. The predicted octanol–water partition coefficient (Wildman–Crippen LogP) is 10.4. The Morgan fingerprint density at radius 2 is 1.26 bits per heavy atom. The molecular formula is C44H30N6. The Hall–Kier alpha value is -6.79. The second-order valence-electron chi connectivity index (χ2n) is 12.6. The van der Waals surface area contributed by atoms with Gasteiger partial charge in [-0.3, -0.25) is 9.97 Å². The quantitative estimate of drug-likeness (QED) is 0.203. The van der Waals surface area contributed by atoms with Crippen molar-refractivity contribution in [2.45, 2.75) is 0 Å². The summed E-state index contributed by atoms with van der Waals surface area (Å²) in [6.07, 6.45) is 8.07. The van der Waals surface area contributed by atoms with E-state index in [0.717, 1.165) is 73.6 Å². The van der Waals surface area contributed by atoms with Crippen LogP contribution in [0.1, 0.15) is 5.69 Å². The Balaban J connectivity index is 1.11. The first-order chi connectivity index (χ1) is 24.8. The minimum Gasteiger partial charge on any atom is -0.379 e. The fourth-order valence-electron chi connectivity index (χ4n) is 7.37. The molecule has 236 valence electrons. The third-order valence-corrected chi connectivity index (χ3v) is 9.62. The molecule has 0 bridgehead atoms. The fraction of sp³-hybridized carbons (Fsp3) is 0.0227.